The Morgan fingerprint density at radius 3 is 2.30 bits per heavy atom. The number of benzene rings is 2. The van der Waals surface area contributed by atoms with Gasteiger partial charge in [0.15, 0.2) is 6.10 Å². The van der Waals surface area contributed by atoms with Gasteiger partial charge in [-0.2, -0.15) is 0 Å². The van der Waals surface area contributed by atoms with Crippen LogP contribution in [0.15, 0.2) is 65.6 Å². The number of hydrogen-bond acceptors (Lipinski definition) is 4. The topological polar surface area (TPSA) is 46.5 Å². The van der Waals surface area contributed by atoms with Crippen molar-refractivity contribution in [2.45, 2.75) is 43.5 Å². The number of ether oxygens (including phenoxy) is 1. The Kier molecular flexibility index (Phi) is 7.33. The van der Waals surface area contributed by atoms with E-state index < -0.39 is 12.2 Å². The third-order valence-corrected chi connectivity index (χ3v) is 4.34. The lowest BCUT2D eigenvalue weighted by atomic mass is 10.1. The molecule has 3 nitrogen and oxygen atoms in total. The molecule has 2 aromatic rings. The van der Waals surface area contributed by atoms with Crippen LogP contribution in [0.2, 0.25) is 0 Å². The van der Waals surface area contributed by atoms with Gasteiger partial charge < -0.3 is 9.84 Å². The summed E-state index contributed by atoms with van der Waals surface area (Å²) >= 11 is 1.12. The highest BCUT2D eigenvalue weighted by molar-refractivity contribution is 8.13. The van der Waals surface area contributed by atoms with E-state index in [1.165, 1.54) is 0 Å². The van der Waals surface area contributed by atoms with E-state index in [1.54, 1.807) is 0 Å². The lowest BCUT2D eigenvalue weighted by Gasteiger charge is -2.21. The lowest BCUT2D eigenvalue weighted by Crippen LogP contribution is -2.35. The van der Waals surface area contributed by atoms with Crippen molar-refractivity contribution in [1.82, 2.24) is 0 Å². The highest BCUT2D eigenvalue weighted by Gasteiger charge is 2.28. The van der Waals surface area contributed by atoms with Crippen molar-refractivity contribution in [3.63, 3.8) is 0 Å². The molecule has 0 bridgehead atoms. The molecule has 0 aliphatic rings. The zero-order valence-corrected chi connectivity index (χ0v) is 14.0. The van der Waals surface area contributed by atoms with E-state index in [1.807, 2.05) is 67.6 Å². The summed E-state index contributed by atoms with van der Waals surface area (Å²) in [6.07, 6.45) is -0.260. The van der Waals surface area contributed by atoms with E-state index in [-0.39, 0.29) is 5.12 Å². The van der Waals surface area contributed by atoms with Gasteiger partial charge in [0.25, 0.3) is 0 Å². The number of aliphatic hydroxyl groups excluding tert-OH is 1. The first kappa shape index (κ1) is 17.7. The van der Waals surface area contributed by atoms with Crippen molar-refractivity contribution in [1.29, 1.82) is 0 Å². The first-order chi connectivity index (χ1) is 11.2. The van der Waals surface area contributed by atoms with E-state index in [2.05, 4.69) is 0 Å². The molecule has 2 rings (SSSR count). The molecule has 0 fully saturated rings. The first-order valence-electron chi connectivity index (χ1n) is 7.81. The van der Waals surface area contributed by atoms with Crippen LogP contribution in [0.3, 0.4) is 0 Å². The van der Waals surface area contributed by atoms with Gasteiger partial charge in [0.05, 0.1) is 12.7 Å². The Hall–Kier alpha value is -1.62. The summed E-state index contributed by atoms with van der Waals surface area (Å²) in [6.45, 7) is 2.29. The largest absolute Gasteiger partial charge is 0.390 e. The monoisotopic (exact) mass is 330 g/mol. The number of carbonyl (C=O) groups excluding carboxylic acids is 1. The fourth-order valence-electron chi connectivity index (χ4n) is 2.21. The van der Waals surface area contributed by atoms with Gasteiger partial charge in [-0.3, -0.25) is 4.79 Å². The number of rotatable bonds is 8. The molecule has 0 aliphatic carbocycles. The fraction of sp³-hybridized carbons (Fsp3) is 0.316. The quantitative estimate of drug-likeness (QED) is 0.742. The minimum Gasteiger partial charge on any atom is -0.390 e. The van der Waals surface area contributed by atoms with Crippen LogP contribution in [-0.4, -0.2) is 22.4 Å². The lowest BCUT2D eigenvalue weighted by molar-refractivity contribution is -0.130. The molecule has 2 atom stereocenters. The maximum atomic E-state index is 12.5. The van der Waals surface area contributed by atoms with Crippen LogP contribution in [0.4, 0.5) is 0 Å². The summed E-state index contributed by atoms with van der Waals surface area (Å²) in [4.78, 5) is 13.4. The summed E-state index contributed by atoms with van der Waals surface area (Å²) in [5, 5.41) is 10.1. The zero-order chi connectivity index (χ0) is 16.5. The number of carbonyl (C=O) groups is 1. The Morgan fingerprint density at radius 1 is 1.09 bits per heavy atom. The second-order valence-corrected chi connectivity index (χ2v) is 6.39. The Labute approximate surface area is 141 Å². The predicted molar refractivity (Wildman–Crippen MR) is 93.2 cm³/mol. The van der Waals surface area contributed by atoms with Gasteiger partial charge in [-0.25, -0.2) is 0 Å². The molecular weight excluding hydrogens is 308 g/mol. The van der Waals surface area contributed by atoms with Crippen LogP contribution in [0.25, 0.3) is 0 Å². The Morgan fingerprint density at radius 2 is 1.70 bits per heavy atom. The molecule has 0 aliphatic heterocycles. The van der Waals surface area contributed by atoms with Gasteiger partial charge in [0.1, 0.15) is 0 Å². The summed E-state index contributed by atoms with van der Waals surface area (Å²) in [6, 6.07) is 19.1. The second-order valence-electron chi connectivity index (χ2n) is 5.31. The van der Waals surface area contributed by atoms with Crippen molar-refractivity contribution in [2.24, 2.45) is 0 Å². The molecule has 0 amide bonds. The summed E-state index contributed by atoms with van der Waals surface area (Å²) in [5.41, 5.74) is 0.985. The molecule has 0 unspecified atom stereocenters. The van der Waals surface area contributed by atoms with Crippen LogP contribution in [0, 0.1) is 0 Å². The number of aliphatic hydroxyl groups is 1. The first-order valence-corrected chi connectivity index (χ1v) is 8.62. The van der Waals surface area contributed by atoms with Gasteiger partial charge in [-0.05, 0) is 35.9 Å². The minimum absolute atomic E-state index is 0.159. The van der Waals surface area contributed by atoms with E-state index in [9.17, 15) is 9.90 Å². The van der Waals surface area contributed by atoms with Crippen LogP contribution in [0.5, 0.6) is 0 Å². The molecule has 0 saturated heterocycles. The normalized spacial score (nSPS) is 13.5. The van der Waals surface area contributed by atoms with Crippen LogP contribution in [0.1, 0.15) is 25.3 Å². The number of hydrogen-bond donors (Lipinski definition) is 1. The highest BCUT2D eigenvalue weighted by Crippen LogP contribution is 2.23. The molecule has 4 heteroatoms. The van der Waals surface area contributed by atoms with Crippen molar-refractivity contribution < 1.29 is 14.6 Å². The van der Waals surface area contributed by atoms with Gasteiger partial charge in [0, 0.05) is 4.90 Å². The summed E-state index contributed by atoms with van der Waals surface area (Å²) < 4.78 is 5.76. The third kappa shape index (κ3) is 5.82. The second kappa shape index (κ2) is 9.50. The Balaban J connectivity index is 2.02. The van der Waals surface area contributed by atoms with Crippen LogP contribution >= 0.6 is 11.8 Å². The maximum absolute atomic E-state index is 12.5. The number of thioether (sulfide) groups is 1. The zero-order valence-electron chi connectivity index (χ0n) is 13.2. The molecule has 0 saturated carbocycles. The van der Waals surface area contributed by atoms with E-state index in [0.717, 1.165) is 28.6 Å². The van der Waals surface area contributed by atoms with Gasteiger partial charge >= 0.3 is 0 Å². The third-order valence-electron chi connectivity index (χ3n) is 3.40. The maximum Gasteiger partial charge on any atom is 0.225 e. The summed E-state index contributed by atoms with van der Waals surface area (Å²) in [7, 11) is 0. The van der Waals surface area contributed by atoms with E-state index >= 15 is 0 Å². The smallest absolute Gasteiger partial charge is 0.225 e. The standard InChI is InChI=1S/C19H22O3S/c1-2-9-17(20)18(22-14-15-10-5-3-6-11-15)19(21)23-16-12-7-4-8-13-16/h3-8,10-13,17-18,20H,2,9,14H2,1H3/t17-,18+/m1/s1. The van der Waals surface area contributed by atoms with Crippen molar-refractivity contribution in [3.8, 4) is 0 Å². The molecular formula is C19H22O3S. The highest BCUT2D eigenvalue weighted by atomic mass is 32.2. The average molecular weight is 330 g/mol. The van der Waals surface area contributed by atoms with Gasteiger partial charge in [0.2, 0.25) is 5.12 Å². The molecule has 0 heterocycles. The van der Waals surface area contributed by atoms with Crippen LogP contribution in [-0.2, 0) is 16.1 Å². The Bertz CT molecular complexity index is 586. The SMILES string of the molecule is CCC[C@@H](O)[C@H](OCc1ccccc1)C(=O)Sc1ccccc1. The molecule has 0 aromatic heterocycles. The molecule has 23 heavy (non-hydrogen) atoms. The van der Waals surface area contributed by atoms with Crippen molar-refractivity contribution in [2.75, 3.05) is 0 Å². The average Bonchev–Trinajstić information content (AvgIpc) is 2.57. The molecule has 2 aromatic carbocycles. The molecule has 0 spiro atoms. The van der Waals surface area contributed by atoms with Crippen molar-refractivity contribution in [3.05, 3.63) is 66.2 Å². The molecule has 122 valence electrons. The van der Waals surface area contributed by atoms with E-state index in [4.69, 9.17) is 4.74 Å². The minimum atomic E-state index is -0.819. The fourth-order valence-corrected chi connectivity index (χ4v) is 3.07. The van der Waals surface area contributed by atoms with Gasteiger partial charge in [-0.1, -0.05) is 61.9 Å². The molecule has 1 N–H and O–H groups in total. The van der Waals surface area contributed by atoms with Gasteiger partial charge in [-0.15, -0.1) is 0 Å². The summed E-state index contributed by atoms with van der Waals surface area (Å²) in [5.74, 6) is 0. The predicted octanol–water partition coefficient (Wildman–Crippen LogP) is 4.05. The molecule has 0 radical (unpaired) electrons. The van der Waals surface area contributed by atoms with E-state index in [0.29, 0.717) is 13.0 Å². The van der Waals surface area contributed by atoms with Crippen molar-refractivity contribution >= 4 is 16.9 Å². The van der Waals surface area contributed by atoms with Crippen LogP contribution < -0.4 is 0 Å².